The van der Waals surface area contributed by atoms with Gasteiger partial charge in [0.25, 0.3) is 0 Å². The molecular formula is C27H32ClF3N2O3. The quantitative estimate of drug-likeness (QED) is 0.354. The van der Waals surface area contributed by atoms with Crippen molar-refractivity contribution >= 4 is 23.4 Å². The van der Waals surface area contributed by atoms with Crippen LogP contribution < -0.4 is 4.74 Å². The van der Waals surface area contributed by atoms with Crippen molar-refractivity contribution in [2.24, 2.45) is 15.9 Å². The second-order valence-corrected chi connectivity index (χ2v) is 9.50. The van der Waals surface area contributed by atoms with Crippen LogP contribution in [-0.4, -0.2) is 36.6 Å². The lowest BCUT2D eigenvalue weighted by Crippen LogP contribution is -2.45. The second-order valence-electron chi connectivity index (χ2n) is 9.09. The van der Waals surface area contributed by atoms with Crippen molar-refractivity contribution < 1.29 is 27.4 Å². The molecule has 2 aromatic rings. The molecule has 0 aliphatic carbocycles. The maximum absolute atomic E-state index is 13.0. The van der Waals surface area contributed by atoms with Crippen molar-refractivity contribution in [3.8, 4) is 11.5 Å². The second kappa shape index (κ2) is 11.5. The van der Waals surface area contributed by atoms with Gasteiger partial charge in [-0.2, -0.15) is 13.2 Å². The van der Waals surface area contributed by atoms with Crippen LogP contribution in [0, 0.1) is 5.92 Å². The van der Waals surface area contributed by atoms with Gasteiger partial charge in [-0.25, -0.2) is 9.98 Å². The van der Waals surface area contributed by atoms with Gasteiger partial charge in [0.05, 0.1) is 18.8 Å². The molecule has 2 aromatic carbocycles. The number of hydrogen-bond acceptors (Lipinski definition) is 5. The van der Waals surface area contributed by atoms with Gasteiger partial charge in [-0.1, -0.05) is 37.6 Å². The fourth-order valence-corrected chi connectivity index (χ4v) is 4.18. The van der Waals surface area contributed by atoms with Crippen LogP contribution in [0.5, 0.6) is 11.5 Å². The molecule has 0 spiro atoms. The van der Waals surface area contributed by atoms with Gasteiger partial charge in [0.2, 0.25) is 11.8 Å². The van der Waals surface area contributed by atoms with Crippen LogP contribution in [0.15, 0.2) is 52.4 Å². The maximum Gasteiger partial charge on any atom is 0.416 e. The van der Waals surface area contributed by atoms with Crippen LogP contribution in [0.1, 0.15) is 52.2 Å². The Kier molecular flexibility index (Phi) is 8.93. The van der Waals surface area contributed by atoms with E-state index < -0.39 is 17.3 Å². The summed E-state index contributed by atoms with van der Waals surface area (Å²) in [6.45, 7) is 10.9. The molecule has 0 radical (unpaired) electrons. The highest BCUT2D eigenvalue weighted by Gasteiger charge is 2.40. The molecule has 0 aromatic heterocycles. The van der Waals surface area contributed by atoms with E-state index in [1.165, 1.54) is 12.1 Å². The molecule has 0 fully saturated rings. The summed E-state index contributed by atoms with van der Waals surface area (Å²) < 4.78 is 56.3. The first-order valence-electron chi connectivity index (χ1n) is 12.0. The average molecular weight is 525 g/mol. The third-order valence-electron chi connectivity index (χ3n) is 5.83. The standard InChI is InChI=1S/C27H32ClF3N2O3/c1-6-34-24-23(17(3)4)32-25(35-7-2)26(5,33-24)14-13-18-11-12-21(16-22(18)28)36-20-10-8-9-19(15-20)27(29,30)31/h8-12,15-17,23H,6-7,13-14H2,1-5H3/t23-,26?/m0/s1. The lowest BCUT2D eigenvalue weighted by molar-refractivity contribution is -0.137. The Hall–Kier alpha value is -2.74. The van der Waals surface area contributed by atoms with E-state index in [1.807, 2.05) is 20.8 Å². The monoisotopic (exact) mass is 524 g/mol. The highest BCUT2D eigenvalue weighted by Crippen LogP contribution is 2.35. The van der Waals surface area contributed by atoms with Crippen LogP contribution >= 0.6 is 11.6 Å². The van der Waals surface area contributed by atoms with Crippen molar-refractivity contribution in [1.29, 1.82) is 0 Å². The molecule has 36 heavy (non-hydrogen) atoms. The van der Waals surface area contributed by atoms with E-state index in [0.29, 0.717) is 48.6 Å². The Labute approximate surface area is 215 Å². The van der Waals surface area contributed by atoms with Crippen LogP contribution in [-0.2, 0) is 22.1 Å². The molecule has 0 amide bonds. The van der Waals surface area contributed by atoms with Crippen molar-refractivity contribution in [1.82, 2.24) is 0 Å². The molecule has 0 N–H and O–H groups in total. The number of rotatable bonds is 8. The van der Waals surface area contributed by atoms with E-state index in [1.54, 1.807) is 18.2 Å². The van der Waals surface area contributed by atoms with Crippen LogP contribution in [0.2, 0.25) is 5.02 Å². The van der Waals surface area contributed by atoms with Crippen molar-refractivity contribution in [3.63, 3.8) is 0 Å². The van der Waals surface area contributed by atoms with E-state index in [-0.39, 0.29) is 17.7 Å². The molecule has 1 unspecified atom stereocenters. The SMILES string of the molecule is CCOC1=NC(C)(CCc2ccc(Oc3cccc(C(F)(F)F)c3)cc2Cl)C(OCC)=N[C@H]1C(C)C. The molecule has 1 aliphatic heterocycles. The fourth-order valence-electron chi connectivity index (χ4n) is 3.91. The van der Waals surface area contributed by atoms with Gasteiger partial charge in [-0.05, 0) is 75.4 Å². The van der Waals surface area contributed by atoms with Gasteiger partial charge in [0.15, 0.2) is 0 Å². The highest BCUT2D eigenvalue weighted by molar-refractivity contribution is 6.31. The lowest BCUT2D eigenvalue weighted by Gasteiger charge is -2.34. The Morgan fingerprint density at radius 1 is 1.03 bits per heavy atom. The molecule has 1 heterocycles. The number of aliphatic imine (C=N–C) groups is 2. The van der Waals surface area contributed by atoms with Gasteiger partial charge in [0, 0.05) is 5.02 Å². The predicted octanol–water partition coefficient (Wildman–Crippen LogP) is 7.75. The van der Waals surface area contributed by atoms with Gasteiger partial charge >= 0.3 is 6.18 Å². The first-order chi connectivity index (χ1) is 17.0. The third kappa shape index (κ3) is 6.72. The molecule has 2 atom stereocenters. The van der Waals surface area contributed by atoms with E-state index in [0.717, 1.165) is 17.7 Å². The highest BCUT2D eigenvalue weighted by atomic mass is 35.5. The van der Waals surface area contributed by atoms with E-state index in [4.69, 9.17) is 35.8 Å². The molecule has 1 aliphatic rings. The minimum Gasteiger partial charge on any atom is -0.480 e. The molecule has 5 nitrogen and oxygen atoms in total. The van der Waals surface area contributed by atoms with Crippen molar-refractivity contribution in [2.45, 2.75) is 65.2 Å². The largest absolute Gasteiger partial charge is 0.480 e. The summed E-state index contributed by atoms with van der Waals surface area (Å²) in [5, 5.41) is 0.447. The molecule has 9 heteroatoms. The van der Waals surface area contributed by atoms with E-state index in [9.17, 15) is 13.2 Å². The molecule has 196 valence electrons. The number of nitrogens with zero attached hydrogens (tertiary/aromatic N) is 2. The molecular weight excluding hydrogens is 493 g/mol. The minimum absolute atomic E-state index is 0.0819. The van der Waals surface area contributed by atoms with Gasteiger partial charge < -0.3 is 14.2 Å². The van der Waals surface area contributed by atoms with Crippen LogP contribution in [0.25, 0.3) is 0 Å². The minimum atomic E-state index is -4.44. The molecule has 3 rings (SSSR count). The predicted molar refractivity (Wildman–Crippen MR) is 136 cm³/mol. The number of aryl methyl sites for hydroxylation is 1. The van der Waals surface area contributed by atoms with E-state index in [2.05, 4.69) is 13.8 Å². The van der Waals surface area contributed by atoms with Gasteiger partial charge in [0.1, 0.15) is 23.1 Å². The summed E-state index contributed by atoms with van der Waals surface area (Å²) in [7, 11) is 0. The summed E-state index contributed by atoms with van der Waals surface area (Å²) in [6, 6.07) is 9.61. The average Bonchev–Trinajstić information content (AvgIpc) is 2.80. The Morgan fingerprint density at radius 3 is 2.33 bits per heavy atom. The smallest absolute Gasteiger partial charge is 0.416 e. The van der Waals surface area contributed by atoms with Crippen molar-refractivity contribution in [3.05, 3.63) is 58.6 Å². The first-order valence-corrected chi connectivity index (χ1v) is 12.4. The number of halogens is 4. The molecule has 0 saturated heterocycles. The zero-order valence-electron chi connectivity index (χ0n) is 21.2. The molecule has 0 saturated carbocycles. The Balaban J connectivity index is 1.77. The first kappa shape index (κ1) is 27.8. The third-order valence-corrected chi connectivity index (χ3v) is 6.19. The van der Waals surface area contributed by atoms with Crippen LogP contribution in [0.3, 0.4) is 0 Å². The van der Waals surface area contributed by atoms with Crippen molar-refractivity contribution in [2.75, 3.05) is 13.2 Å². The van der Waals surface area contributed by atoms with E-state index >= 15 is 0 Å². The lowest BCUT2D eigenvalue weighted by atomic mass is 9.90. The summed E-state index contributed by atoms with van der Waals surface area (Å²) in [5.74, 6) is 1.81. The van der Waals surface area contributed by atoms with Gasteiger partial charge in [-0.15, -0.1) is 0 Å². The maximum atomic E-state index is 13.0. The Morgan fingerprint density at radius 2 is 1.72 bits per heavy atom. The number of ether oxygens (including phenoxy) is 3. The number of alkyl halides is 3. The zero-order chi connectivity index (χ0) is 26.5. The topological polar surface area (TPSA) is 52.4 Å². The summed E-state index contributed by atoms with van der Waals surface area (Å²) >= 11 is 6.52. The zero-order valence-corrected chi connectivity index (χ0v) is 21.9. The normalized spacial score (nSPS) is 20.1. The fraction of sp³-hybridized carbons (Fsp3) is 0.481. The number of hydrogen-bond donors (Lipinski definition) is 0. The number of benzene rings is 2. The van der Waals surface area contributed by atoms with Crippen LogP contribution in [0.4, 0.5) is 13.2 Å². The molecule has 0 bridgehead atoms. The summed E-state index contributed by atoms with van der Waals surface area (Å²) in [6.07, 6.45) is -3.30. The summed E-state index contributed by atoms with van der Waals surface area (Å²) in [4.78, 5) is 9.78. The summed E-state index contributed by atoms with van der Waals surface area (Å²) in [5.41, 5.74) is -0.645. The van der Waals surface area contributed by atoms with Gasteiger partial charge in [-0.3, -0.25) is 0 Å². The Bertz CT molecular complexity index is 1120.